The number of unbranched alkanes of at least 4 members (excludes halogenated alkanes) is 8. The average Bonchev–Trinajstić information content (AvgIpc) is 2.75. The van der Waals surface area contributed by atoms with Crippen molar-refractivity contribution in [2.45, 2.75) is 110 Å². The van der Waals surface area contributed by atoms with Crippen molar-refractivity contribution in [3.05, 3.63) is 0 Å². The van der Waals surface area contributed by atoms with Crippen LogP contribution in [-0.4, -0.2) is 18.5 Å². The molecule has 1 aliphatic rings. The third-order valence-corrected chi connectivity index (χ3v) is 4.37. The van der Waals surface area contributed by atoms with Crippen molar-refractivity contribution in [2.75, 3.05) is 6.61 Å². The second-order valence-corrected chi connectivity index (χ2v) is 7.60. The lowest BCUT2D eigenvalue weighted by molar-refractivity contribution is -0.139. The molecule has 1 atom stereocenters. The molecule has 2 nitrogen and oxygen atoms in total. The molecule has 1 fully saturated rings. The summed E-state index contributed by atoms with van der Waals surface area (Å²) in [4.78, 5) is 0. The van der Waals surface area contributed by atoms with Crippen LogP contribution in [0.1, 0.15) is 98.3 Å². The summed E-state index contributed by atoms with van der Waals surface area (Å²) in [5.41, 5.74) is 0. The first-order valence-electron chi connectivity index (χ1n) is 9.31. The summed E-state index contributed by atoms with van der Waals surface area (Å²) < 4.78 is 11.4. The smallest absolute Gasteiger partial charge is 0.163 e. The zero-order valence-corrected chi connectivity index (χ0v) is 15.0. The van der Waals surface area contributed by atoms with E-state index in [0.29, 0.717) is 6.10 Å². The number of hydrogen-bond acceptors (Lipinski definition) is 2. The summed E-state index contributed by atoms with van der Waals surface area (Å²) in [6.45, 7) is 9.44. The highest BCUT2D eigenvalue weighted by molar-refractivity contribution is 4.70. The van der Waals surface area contributed by atoms with E-state index >= 15 is 0 Å². The van der Waals surface area contributed by atoms with E-state index in [9.17, 15) is 0 Å². The molecule has 0 aromatic heterocycles. The number of hydrogen-bond donors (Lipinski definition) is 0. The van der Waals surface area contributed by atoms with Crippen LogP contribution in [0.2, 0.25) is 0 Å². The molecule has 126 valence electrons. The fourth-order valence-electron chi connectivity index (χ4n) is 3.07. The Morgan fingerprint density at radius 2 is 1.38 bits per heavy atom. The molecule has 1 aliphatic heterocycles. The highest BCUT2D eigenvalue weighted by Crippen LogP contribution is 2.25. The van der Waals surface area contributed by atoms with Gasteiger partial charge in [-0.15, -0.1) is 0 Å². The Hall–Kier alpha value is -0.0800. The maximum Gasteiger partial charge on any atom is 0.163 e. The molecule has 0 spiro atoms. The van der Waals surface area contributed by atoms with E-state index in [0.717, 1.165) is 12.5 Å². The second-order valence-electron chi connectivity index (χ2n) is 7.60. The third kappa shape index (κ3) is 10.3. The molecule has 0 saturated carbocycles. The van der Waals surface area contributed by atoms with Crippen molar-refractivity contribution in [3.63, 3.8) is 0 Å². The van der Waals surface area contributed by atoms with Crippen molar-refractivity contribution in [3.8, 4) is 0 Å². The fourth-order valence-corrected chi connectivity index (χ4v) is 3.07. The van der Waals surface area contributed by atoms with E-state index < -0.39 is 0 Å². The van der Waals surface area contributed by atoms with Gasteiger partial charge >= 0.3 is 0 Å². The molecule has 1 saturated heterocycles. The maximum absolute atomic E-state index is 5.83. The van der Waals surface area contributed by atoms with E-state index in [2.05, 4.69) is 13.8 Å². The van der Waals surface area contributed by atoms with Gasteiger partial charge < -0.3 is 9.47 Å². The minimum absolute atomic E-state index is 0.334. The topological polar surface area (TPSA) is 18.5 Å². The highest BCUT2D eigenvalue weighted by atomic mass is 16.7. The number of rotatable bonds is 12. The largest absolute Gasteiger partial charge is 0.348 e. The van der Waals surface area contributed by atoms with E-state index in [1.165, 1.54) is 70.6 Å². The lowest BCUT2D eigenvalue weighted by Gasteiger charge is -2.16. The lowest BCUT2D eigenvalue weighted by Crippen LogP contribution is -2.21. The molecule has 0 aromatic carbocycles. The van der Waals surface area contributed by atoms with Gasteiger partial charge in [0.25, 0.3) is 0 Å². The molecule has 1 rings (SSSR count). The van der Waals surface area contributed by atoms with Gasteiger partial charge in [0.05, 0.1) is 12.7 Å². The zero-order chi connectivity index (χ0) is 15.6. The number of ether oxygens (including phenoxy) is 2. The van der Waals surface area contributed by atoms with Crippen molar-refractivity contribution >= 4 is 0 Å². The van der Waals surface area contributed by atoms with Crippen LogP contribution in [0.15, 0.2) is 0 Å². The van der Waals surface area contributed by atoms with Crippen LogP contribution >= 0.6 is 0 Å². The van der Waals surface area contributed by atoms with Gasteiger partial charge in [0.1, 0.15) is 0 Å². The van der Waals surface area contributed by atoms with Gasteiger partial charge in [0.2, 0.25) is 0 Å². The zero-order valence-electron chi connectivity index (χ0n) is 15.0. The van der Waals surface area contributed by atoms with Crippen molar-refractivity contribution in [1.29, 1.82) is 0 Å². The Bertz CT molecular complexity index is 248. The Labute approximate surface area is 133 Å². The Morgan fingerprint density at radius 3 is 1.86 bits per heavy atom. The molecule has 0 aromatic rings. The molecule has 0 amide bonds. The molecular weight excluding hydrogens is 260 g/mol. The first-order chi connectivity index (χ1) is 9.99. The van der Waals surface area contributed by atoms with Crippen molar-refractivity contribution in [1.82, 2.24) is 0 Å². The van der Waals surface area contributed by atoms with E-state index in [1.807, 2.05) is 13.8 Å². The molecule has 1 unspecified atom stereocenters. The summed E-state index contributed by atoms with van der Waals surface area (Å²) in [7, 11) is 0. The van der Waals surface area contributed by atoms with Crippen molar-refractivity contribution < 1.29 is 9.47 Å². The van der Waals surface area contributed by atoms with Gasteiger partial charge in [0, 0.05) is 0 Å². The summed E-state index contributed by atoms with van der Waals surface area (Å²) >= 11 is 0. The predicted molar refractivity (Wildman–Crippen MR) is 90.5 cm³/mol. The fraction of sp³-hybridized carbons (Fsp3) is 1.00. The average molecular weight is 299 g/mol. The van der Waals surface area contributed by atoms with Gasteiger partial charge in [-0.25, -0.2) is 0 Å². The Kier molecular flexibility index (Phi) is 9.59. The summed E-state index contributed by atoms with van der Waals surface area (Å²) in [5.74, 6) is 0.532. The summed E-state index contributed by atoms with van der Waals surface area (Å²) in [5, 5.41) is 0. The van der Waals surface area contributed by atoms with Crippen LogP contribution < -0.4 is 0 Å². The maximum atomic E-state index is 5.83. The second kappa shape index (κ2) is 10.6. The van der Waals surface area contributed by atoms with E-state index in [1.54, 1.807) is 0 Å². The SMILES string of the molecule is CC(C)CCCCCCCCCCCC1COC(C)(C)O1. The van der Waals surface area contributed by atoms with Crippen LogP contribution in [0, 0.1) is 5.92 Å². The first-order valence-corrected chi connectivity index (χ1v) is 9.31. The molecule has 0 N–H and O–H groups in total. The summed E-state index contributed by atoms with van der Waals surface area (Å²) in [6, 6.07) is 0. The molecule has 1 heterocycles. The van der Waals surface area contributed by atoms with E-state index in [-0.39, 0.29) is 5.79 Å². The quantitative estimate of drug-likeness (QED) is 0.406. The van der Waals surface area contributed by atoms with Crippen molar-refractivity contribution in [2.24, 2.45) is 5.92 Å². The Morgan fingerprint density at radius 1 is 0.857 bits per heavy atom. The van der Waals surface area contributed by atoms with Gasteiger partial charge in [-0.1, -0.05) is 78.1 Å². The molecule has 0 radical (unpaired) electrons. The molecular formula is C19H38O2. The van der Waals surface area contributed by atoms with Gasteiger partial charge in [-0.05, 0) is 26.2 Å². The highest BCUT2D eigenvalue weighted by Gasteiger charge is 2.31. The van der Waals surface area contributed by atoms with Gasteiger partial charge in [-0.3, -0.25) is 0 Å². The molecule has 0 bridgehead atoms. The lowest BCUT2D eigenvalue weighted by atomic mass is 10.0. The minimum Gasteiger partial charge on any atom is -0.348 e. The van der Waals surface area contributed by atoms with Gasteiger partial charge in [-0.2, -0.15) is 0 Å². The van der Waals surface area contributed by atoms with Crippen LogP contribution in [0.4, 0.5) is 0 Å². The van der Waals surface area contributed by atoms with Crippen LogP contribution in [0.5, 0.6) is 0 Å². The van der Waals surface area contributed by atoms with Gasteiger partial charge in [0.15, 0.2) is 5.79 Å². The first kappa shape index (κ1) is 19.0. The molecule has 2 heteroatoms. The van der Waals surface area contributed by atoms with Crippen LogP contribution in [0.3, 0.4) is 0 Å². The summed E-state index contributed by atoms with van der Waals surface area (Å²) in [6.07, 6.45) is 15.5. The molecule has 21 heavy (non-hydrogen) atoms. The Balaban J connectivity index is 1.77. The third-order valence-electron chi connectivity index (χ3n) is 4.37. The normalized spacial score (nSPS) is 21.3. The van der Waals surface area contributed by atoms with E-state index in [4.69, 9.17) is 9.47 Å². The van der Waals surface area contributed by atoms with Crippen LogP contribution in [0.25, 0.3) is 0 Å². The molecule has 0 aliphatic carbocycles. The van der Waals surface area contributed by atoms with Crippen LogP contribution in [-0.2, 0) is 9.47 Å². The minimum atomic E-state index is -0.347. The standard InChI is InChI=1S/C19H38O2/c1-17(2)14-12-10-8-6-5-7-9-11-13-15-18-16-20-19(3,4)21-18/h17-18H,5-16H2,1-4H3. The monoisotopic (exact) mass is 298 g/mol. The predicted octanol–water partition coefficient (Wildman–Crippen LogP) is 6.09.